The second-order valence-corrected chi connectivity index (χ2v) is 10.4. The highest BCUT2D eigenvalue weighted by atomic mass is 16.5. The van der Waals surface area contributed by atoms with Gasteiger partial charge in [-0.25, -0.2) is 0 Å². The first kappa shape index (κ1) is 24.4. The van der Waals surface area contributed by atoms with Crippen molar-refractivity contribution in [2.24, 2.45) is 7.05 Å². The van der Waals surface area contributed by atoms with Crippen LogP contribution in [0.3, 0.4) is 0 Å². The van der Waals surface area contributed by atoms with E-state index in [4.69, 9.17) is 4.74 Å². The minimum absolute atomic E-state index is 0.0144. The fraction of sp³-hybridized carbons (Fsp3) is 0.379. The van der Waals surface area contributed by atoms with E-state index in [0.717, 1.165) is 30.4 Å². The Morgan fingerprint density at radius 2 is 1.97 bits per heavy atom. The van der Waals surface area contributed by atoms with Gasteiger partial charge in [0.15, 0.2) is 0 Å². The molecule has 1 aromatic heterocycles. The van der Waals surface area contributed by atoms with Gasteiger partial charge in [-0.3, -0.25) is 19.1 Å². The summed E-state index contributed by atoms with van der Waals surface area (Å²) < 4.78 is 6.99. The van der Waals surface area contributed by atoms with Crippen LogP contribution in [0.25, 0.3) is 0 Å². The van der Waals surface area contributed by atoms with Crippen LogP contribution in [-0.4, -0.2) is 46.8 Å². The number of carbonyl (C=O) groups excluding carboxylic acids is 3. The fourth-order valence-corrected chi connectivity index (χ4v) is 6.24. The topological polar surface area (TPSA) is 114 Å². The van der Waals surface area contributed by atoms with Gasteiger partial charge < -0.3 is 20.7 Å². The van der Waals surface area contributed by atoms with Crippen LogP contribution in [0.15, 0.2) is 54.7 Å². The molecule has 3 aliphatic rings. The molecule has 2 unspecified atom stereocenters. The summed E-state index contributed by atoms with van der Waals surface area (Å²) in [6.45, 7) is 1.10. The summed E-state index contributed by atoms with van der Waals surface area (Å²) in [5, 5.41) is 13.1. The lowest BCUT2D eigenvalue weighted by Gasteiger charge is -2.32. The van der Waals surface area contributed by atoms with Gasteiger partial charge in [-0.1, -0.05) is 30.3 Å². The molecule has 2 atom stereocenters. The van der Waals surface area contributed by atoms with Gasteiger partial charge in [-0.2, -0.15) is 5.10 Å². The van der Waals surface area contributed by atoms with E-state index in [0.29, 0.717) is 43.1 Å². The Balaban J connectivity index is 1.29. The second kappa shape index (κ2) is 9.72. The smallest absolute Gasteiger partial charge is 0.270 e. The van der Waals surface area contributed by atoms with Crippen LogP contribution in [0.5, 0.6) is 0 Å². The van der Waals surface area contributed by atoms with Gasteiger partial charge in [-0.15, -0.1) is 0 Å². The maximum atomic E-state index is 13.8. The zero-order valence-electron chi connectivity index (χ0n) is 21.3. The average molecular weight is 514 g/mol. The number of anilines is 2. The molecule has 9 nitrogen and oxygen atoms in total. The summed E-state index contributed by atoms with van der Waals surface area (Å²) in [5.41, 5.74) is 4.35. The standard InChI is InChI=1S/C29H31N5O4/c1-34-24(11-14-30-34)26(35)33-25(21-8-4-6-18-5-2-3-7-20(18)21)27(36)31-19-9-10-22-23(17-19)32-28(37)29(22)12-15-38-16-13-29/h2-3,5,7,9-11,14,17,21,25H,4,6,8,12-13,15-16H2,1H3,(H,31,36)(H,32,37)(H,33,35). The number of nitrogens with zero attached hydrogens (tertiary/aromatic N) is 2. The van der Waals surface area contributed by atoms with Crippen LogP contribution in [0.2, 0.25) is 0 Å². The van der Waals surface area contributed by atoms with Crippen molar-refractivity contribution in [1.29, 1.82) is 0 Å². The summed E-state index contributed by atoms with van der Waals surface area (Å²) in [5.74, 6) is -0.834. The lowest BCUT2D eigenvalue weighted by Crippen LogP contribution is -2.48. The summed E-state index contributed by atoms with van der Waals surface area (Å²) in [6.07, 6.45) is 5.51. The number of rotatable bonds is 5. The number of ether oxygens (including phenoxy) is 1. The molecule has 1 spiro atoms. The summed E-state index contributed by atoms with van der Waals surface area (Å²) in [7, 11) is 1.70. The third-order valence-electron chi connectivity index (χ3n) is 8.27. The van der Waals surface area contributed by atoms with E-state index >= 15 is 0 Å². The molecule has 0 saturated carbocycles. The van der Waals surface area contributed by atoms with Gasteiger partial charge in [0.2, 0.25) is 11.8 Å². The number of fused-ring (bicyclic) bond motifs is 3. The third-order valence-corrected chi connectivity index (χ3v) is 8.27. The molecule has 2 aliphatic heterocycles. The molecule has 3 N–H and O–H groups in total. The molecule has 3 heterocycles. The highest BCUT2D eigenvalue weighted by Gasteiger charge is 2.47. The van der Waals surface area contributed by atoms with E-state index in [1.807, 2.05) is 36.4 Å². The molecule has 2 aromatic carbocycles. The molecule has 196 valence electrons. The molecule has 1 aliphatic carbocycles. The molecule has 6 rings (SSSR count). The van der Waals surface area contributed by atoms with Crippen molar-refractivity contribution < 1.29 is 19.1 Å². The van der Waals surface area contributed by atoms with Crippen molar-refractivity contribution in [2.45, 2.75) is 49.5 Å². The number of nitrogens with one attached hydrogen (secondary N) is 3. The summed E-state index contributed by atoms with van der Waals surface area (Å²) >= 11 is 0. The largest absolute Gasteiger partial charge is 0.381 e. The molecule has 0 bridgehead atoms. The lowest BCUT2D eigenvalue weighted by atomic mass is 9.75. The molecule has 3 aromatic rings. The van der Waals surface area contributed by atoms with E-state index in [-0.39, 0.29) is 23.6 Å². The minimum Gasteiger partial charge on any atom is -0.381 e. The summed E-state index contributed by atoms with van der Waals surface area (Å²) in [4.78, 5) is 39.9. The zero-order chi connectivity index (χ0) is 26.3. The van der Waals surface area contributed by atoms with Crippen molar-refractivity contribution in [1.82, 2.24) is 15.1 Å². The van der Waals surface area contributed by atoms with Crippen LogP contribution in [-0.2, 0) is 33.2 Å². The van der Waals surface area contributed by atoms with Crippen LogP contribution in [0.1, 0.15) is 58.8 Å². The number of benzene rings is 2. The first-order valence-corrected chi connectivity index (χ1v) is 13.2. The monoisotopic (exact) mass is 513 g/mol. The number of aromatic nitrogens is 2. The Bertz CT molecular complexity index is 1410. The number of amides is 3. The van der Waals surface area contributed by atoms with E-state index in [9.17, 15) is 14.4 Å². The van der Waals surface area contributed by atoms with Crippen LogP contribution >= 0.6 is 0 Å². The normalized spacial score (nSPS) is 20.2. The molecule has 1 fully saturated rings. The molecule has 9 heteroatoms. The Kier molecular flexibility index (Phi) is 6.23. The van der Waals surface area contributed by atoms with Crippen LogP contribution < -0.4 is 16.0 Å². The maximum absolute atomic E-state index is 13.8. The van der Waals surface area contributed by atoms with Crippen molar-refractivity contribution in [3.05, 3.63) is 77.1 Å². The van der Waals surface area contributed by atoms with E-state index in [1.165, 1.54) is 10.2 Å². The highest BCUT2D eigenvalue weighted by molar-refractivity contribution is 6.07. The minimum atomic E-state index is -0.788. The molecular formula is C29H31N5O4. The molecule has 3 amide bonds. The zero-order valence-corrected chi connectivity index (χ0v) is 21.3. The molecule has 38 heavy (non-hydrogen) atoms. The van der Waals surface area contributed by atoms with Gasteiger partial charge in [0, 0.05) is 43.8 Å². The number of hydrogen-bond donors (Lipinski definition) is 3. The summed E-state index contributed by atoms with van der Waals surface area (Å²) in [6, 6.07) is 14.5. The number of aryl methyl sites for hydroxylation is 2. The number of hydrogen-bond acceptors (Lipinski definition) is 5. The van der Waals surface area contributed by atoms with Crippen LogP contribution in [0, 0.1) is 0 Å². The molecule has 0 radical (unpaired) electrons. The first-order valence-electron chi connectivity index (χ1n) is 13.2. The Morgan fingerprint density at radius 1 is 1.16 bits per heavy atom. The highest BCUT2D eigenvalue weighted by Crippen LogP contribution is 2.45. The SMILES string of the molecule is Cn1nccc1C(=O)NC(C(=O)Nc1ccc2c(c1)NC(=O)C21CCOCC1)C1CCCc2ccccc21. The van der Waals surface area contributed by atoms with Crippen LogP contribution in [0.4, 0.5) is 11.4 Å². The Morgan fingerprint density at radius 3 is 2.76 bits per heavy atom. The van der Waals surface area contributed by atoms with E-state index in [1.54, 1.807) is 19.3 Å². The second-order valence-electron chi connectivity index (χ2n) is 10.4. The van der Waals surface area contributed by atoms with Crippen molar-refractivity contribution >= 4 is 29.1 Å². The quantitative estimate of drug-likeness (QED) is 0.485. The van der Waals surface area contributed by atoms with E-state index in [2.05, 4.69) is 27.1 Å². The Labute approximate surface area is 220 Å². The predicted octanol–water partition coefficient (Wildman–Crippen LogP) is 3.28. The predicted molar refractivity (Wildman–Crippen MR) is 142 cm³/mol. The van der Waals surface area contributed by atoms with Gasteiger partial charge in [0.1, 0.15) is 11.7 Å². The van der Waals surface area contributed by atoms with Gasteiger partial charge in [-0.05, 0) is 67.0 Å². The first-order chi connectivity index (χ1) is 18.5. The Hall–Kier alpha value is -3.98. The van der Waals surface area contributed by atoms with E-state index < -0.39 is 11.5 Å². The fourth-order valence-electron chi connectivity index (χ4n) is 6.24. The van der Waals surface area contributed by atoms with Crippen molar-refractivity contribution in [3.8, 4) is 0 Å². The number of carbonyl (C=O) groups is 3. The average Bonchev–Trinajstić information content (AvgIpc) is 3.47. The third kappa shape index (κ3) is 4.16. The molecule has 1 saturated heterocycles. The maximum Gasteiger partial charge on any atom is 0.270 e. The van der Waals surface area contributed by atoms with Crippen molar-refractivity contribution in [3.63, 3.8) is 0 Å². The van der Waals surface area contributed by atoms with Gasteiger partial charge >= 0.3 is 0 Å². The molecular weight excluding hydrogens is 482 g/mol. The lowest BCUT2D eigenvalue weighted by molar-refractivity contribution is -0.124. The van der Waals surface area contributed by atoms with Gasteiger partial charge in [0.05, 0.1) is 5.41 Å². The van der Waals surface area contributed by atoms with Crippen molar-refractivity contribution in [2.75, 3.05) is 23.8 Å². The van der Waals surface area contributed by atoms with Gasteiger partial charge in [0.25, 0.3) is 5.91 Å².